The molecule has 1 aromatic carbocycles. The summed E-state index contributed by atoms with van der Waals surface area (Å²) in [5.41, 5.74) is 0.994. The van der Waals surface area contributed by atoms with Crippen molar-refractivity contribution >= 4 is 21.7 Å². The van der Waals surface area contributed by atoms with E-state index in [-0.39, 0.29) is 17.8 Å². The summed E-state index contributed by atoms with van der Waals surface area (Å²) in [6, 6.07) is 6.59. The van der Waals surface area contributed by atoms with Crippen LogP contribution in [-0.2, 0) is 6.42 Å². The topological polar surface area (TPSA) is 39.2 Å². The minimum Gasteiger partial charge on any atom is -0.496 e. The highest BCUT2D eigenvalue weighted by Gasteiger charge is 2.12. The van der Waals surface area contributed by atoms with Gasteiger partial charge in [-0.25, -0.2) is 4.39 Å². The first-order valence-electron chi connectivity index (χ1n) is 5.56. The minimum absolute atomic E-state index is 0.133. The third-order valence-electron chi connectivity index (χ3n) is 2.62. The molecule has 3 nitrogen and oxygen atoms in total. The second-order valence-electron chi connectivity index (χ2n) is 3.95. The SMILES string of the molecule is COc1ccc(Br)cc1CC(=O)c1cncc(F)c1. The van der Waals surface area contributed by atoms with Gasteiger partial charge in [-0.15, -0.1) is 0 Å². The number of ketones is 1. The fourth-order valence-electron chi connectivity index (χ4n) is 1.72. The van der Waals surface area contributed by atoms with Crippen molar-refractivity contribution < 1.29 is 13.9 Å². The maximum atomic E-state index is 13.0. The maximum absolute atomic E-state index is 13.0. The summed E-state index contributed by atoms with van der Waals surface area (Å²) in [4.78, 5) is 15.7. The molecule has 0 amide bonds. The molecule has 0 unspecified atom stereocenters. The lowest BCUT2D eigenvalue weighted by atomic mass is 10.0. The van der Waals surface area contributed by atoms with E-state index in [1.165, 1.54) is 12.3 Å². The van der Waals surface area contributed by atoms with Crippen LogP contribution in [0.15, 0.2) is 41.1 Å². The Bertz CT molecular complexity index is 616. The van der Waals surface area contributed by atoms with E-state index in [9.17, 15) is 9.18 Å². The number of hydrogen-bond acceptors (Lipinski definition) is 3. The van der Waals surface area contributed by atoms with Gasteiger partial charge in [0.05, 0.1) is 13.3 Å². The Morgan fingerprint density at radius 3 is 2.84 bits per heavy atom. The van der Waals surface area contributed by atoms with Crippen LogP contribution in [0, 0.1) is 5.82 Å². The standard InChI is InChI=1S/C14H11BrFNO2/c1-19-14-3-2-11(15)4-9(14)6-13(18)10-5-12(16)8-17-7-10/h2-5,7-8H,6H2,1H3. The smallest absolute Gasteiger partial charge is 0.169 e. The molecule has 1 aromatic heterocycles. The van der Waals surface area contributed by atoms with E-state index in [2.05, 4.69) is 20.9 Å². The molecule has 0 saturated carbocycles. The number of aromatic nitrogens is 1. The summed E-state index contributed by atoms with van der Waals surface area (Å²) >= 11 is 3.34. The lowest BCUT2D eigenvalue weighted by Crippen LogP contribution is -2.06. The van der Waals surface area contributed by atoms with Crippen LogP contribution in [0.1, 0.15) is 15.9 Å². The first kappa shape index (κ1) is 13.7. The van der Waals surface area contributed by atoms with E-state index in [1.807, 2.05) is 12.1 Å². The number of halogens is 2. The van der Waals surface area contributed by atoms with E-state index >= 15 is 0 Å². The number of carbonyl (C=O) groups excluding carboxylic acids is 1. The molecule has 98 valence electrons. The van der Waals surface area contributed by atoms with Crippen molar-refractivity contribution in [2.75, 3.05) is 7.11 Å². The summed E-state index contributed by atoms with van der Waals surface area (Å²) in [5.74, 6) is -0.101. The highest BCUT2D eigenvalue weighted by molar-refractivity contribution is 9.10. The summed E-state index contributed by atoms with van der Waals surface area (Å²) < 4.78 is 19.1. The second kappa shape index (κ2) is 5.93. The second-order valence-corrected chi connectivity index (χ2v) is 4.86. The summed E-state index contributed by atoms with van der Waals surface area (Å²) in [7, 11) is 1.54. The molecular formula is C14H11BrFNO2. The van der Waals surface area contributed by atoms with Gasteiger partial charge < -0.3 is 4.74 Å². The quantitative estimate of drug-likeness (QED) is 0.809. The van der Waals surface area contributed by atoms with Crippen LogP contribution < -0.4 is 4.74 Å². The van der Waals surface area contributed by atoms with Gasteiger partial charge in [0.15, 0.2) is 5.78 Å². The molecule has 1 heterocycles. The van der Waals surface area contributed by atoms with Crippen molar-refractivity contribution in [1.29, 1.82) is 0 Å². The predicted molar refractivity (Wildman–Crippen MR) is 72.9 cm³/mol. The van der Waals surface area contributed by atoms with Crippen LogP contribution in [0.25, 0.3) is 0 Å². The van der Waals surface area contributed by atoms with Gasteiger partial charge in [0.25, 0.3) is 0 Å². The van der Waals surface area contributed by atoms with E-state index < -0.39 is 5.82 Å². The highest BCUT2D eigenvalue weighted by atomic mass is 79.9. The number of benzene rings is 1. The predicted octanol–water partition coefficient (Wildman–Crippen LogP) is 3.42. The number of pyridine rings is 1. The zero-order chi connectivity index (χ0) is 13.8. The van der Waals surface area contributed by atoms with Gasteiger partial charge in [-0.05, 0) is 24.3 Å². The van der Waals surface area contributed by atoms with Crippen molar-refractivity contribution in [2.45, 2.75) is 6.42 Å². The fourth-order valence-corrected chi connectivity index (χ4v) is 2.13. The first-order chi connectivity index (χ1) is 9.10. The van der Waals surface area contributed by atoms with Crippen LogP contribution in [0.5, 0.6) is 5.75 Å². The Labute approximate surface area is 118 Å². The van der Waals surface area contributed by atoms with Gasteiger partial charge >= 0.3 is 0 Å². The molecule has 0 saturated heterocycles. The Morgan fingerprint density at radius 1 is 1.37 bits per heavy atom. The molecule has 19 heavy (non-hydrogen) atoms. The Hall–Kier alpha value is -1.75. The van der Waals surface area contributed by atoms with E-state index in [0.29, 0.717) is 5.75 Å². The number of nitrogens with zero attached hydrogens (tertiary/aromatic N) is 1. The van der Waals surface area contributed by atoms with Crippen molar-refractivity contribution in [3.63, 3.8) is 0 Å². The zero-order valence-corrected chi connectivity index (χ0v) is 11.8. The Kier molecular flexibility index (Phi) is 4.27. The molecule has 0 radical (unpaired) electrons. The number of rotatable bonds is 4. The van der Waals surface area contributed by atoms with Gasteiger partial charge in [-0.2, -0.15) is 0 Å². The zero-order valence-electron chi connectivity index (χ0n) is 10.2. The van der Waals surface area contributed by atoms with Crippen molar-refractivity contribution in [3.8, 4) is 5.75 Å². The van der Waals surface area contributed by atoms with E-state index in [1.54, 1.807) is 13.2 Å². The number of hydrogen-bond donors (Lipinski definition) is 0. The van der Waals surface area contributed by atoms with Crippen LogP contribution >= 0.6 is 15.9 Å². The lowest BCUT2D eigenvalue weighted by Gasteiger charge is -2.08. The highest BCUT2D eigenvalue weighted by Crippen LogP contribution is 2.24. The summed E-state index contributed by atoms with van der Waals surface area (Å²) in [6.07, 6.45) is 2.56. The van der Waals surface area contributed by atoms with E-state index in [4.69, 9.17) is 4.74 Å². The number of carbonyl (C=O) groups is 1. The van der Waals surface area contributed by atoms with Crippen LogP contribution in [0.3, 0.4) is 0 Å². The van der Waals surface area contributed by atoms with Gasteiger partial charge in [0, 0.05) is 28.2 Å². The third kappa shape index (κ3) is 3.38. The molecule has 0 aliphatic carbocycles. The third-order valence-corrected chi connectivity index (χ3v) is 3.11. The minimum atomic E-state index is -0.521. The molecule has 0 N–H and O–H groups in total. The average molecular weight is 324 g/mol. The molecular weight excluding hydrogens is 313 g/mol. The molecule has 0 bridgehead atoms. The number of Topliss-reactive ketones (excluding diaryl/α,β-unsaturated/α-hetero) is 1. The molecule has 5 heteroatoms. The van der Waals surface area contributed by atoms with Crippen LogP contribution in [0.4, 0.5) is 4.39 Å². The number of methoxy groups -OCH3 is 1. The largest absolute Gasteiger partial charge is 0.496 e. The van der Waals surface area contributed by atoms with Crippen LogP contribution in [0.2, 0.25) is 0 Å². The van der Waals surface area contributed by atoms with E-state index in [0.717, 1.165) is 16.2 Å². The van der Waals surface area contributed by atoms with Crippen molar-refractivity contribution in [2.24, 2.45) is 0 Å². The van der Waals surface area contributed by atoms with Gasteiger partial charge in [-0.3, -0.25) is 9.78 Å². The van der Waals surface area contributed by atoms with Gasteiger partial charge in [0.2, 0.25) is 0 Å². The average Bonchev–Trinajstić information content (AvgIpc) is 2.39. The summed E-state index contributed by atoms with van der Waals surface area (Å²) in [5, 5.41) is 0. The fraction of sp³-hybridized carbons (Fsp3) is 0.143. The monoisotopic (exact) mass is 323 g/mol. The first-order valence-corrected chi connectivity index (χ1v) is 6.35. The Morgan fingerprint density at radius 2 is 2.16 bits per heavy atom. The Balaban J connectivity index is 2.26. The van der Waals surface area contributed by atoms with Gasteiger partial charge in [0.1, 0.15) is 11.6 Å². The molecule has 0 fully saturated rings. The molecule has 0 aliphatic heterocycles. The molecule has 0 aliphatic rings. The normalized spacial score (nSPS) is 10.3. The summed E-state index contributed by atoms with van der Waals surface area (Å²) in [6.45, 7) is 0. The number of ether oxygens (including phenoxy) is 1. The maximum Gasteiger partial charge on any atom is 0.169 e. The van der Waals surface area contributed by atoms with Crippen molar-refractivity contribution in [1.82, 2.24) is 4.98 Å². The van der Waals surface area contributed by atoms with Gasteiger partial charge in [-0.1, -0.05) is 15.9 Å². The van der Waals surface area contributed by atoms with Crippen molar-refractivity contribution in [3.05, 3.63) is 58.1 Å². The van der Waals surface area contributed by atoms with Crippen LogP contribution in [-0.4, -0.2) is 17.9 Å². The molecule has 2 rings (SSSR count). The lowest BCUT2D eigenvalue weighted by molar-refractivity contribution is 0.0991. The molecule has 0 atom stereocenters. The molecule has 2 aromatic rings. The molecule has 0 spiro atoms.